The predicted molar refractivity (Wildman–Crippen MR) is 112 cm³/mol. The van der Waals surface area contributed by atoms with Crippen LogP contribution < -0.4 is 5.43 Å². The van der Waals surface area contributed by atoms with Crippen molar-refractivity contribution in [2.75, 3.05) is 0 Å². The Labute approximate surface area is 187 Å². The average Bonchev–Trinajstić information content (AvgIpc) is 3.43. The van der Waals surface area contributed by atoms with E-state index < -0.39 is 11.7 Å². The van der Waals surface area contributed by atoms with Gasteiger partial charge < -0.3 is 14.4 Å². The Kier molecular flexibility index (Phi) is 5.16. The number of aromatic nitrogens is 2. The molecule has 1 N–H and O–H groups in total. The van der Waals surface area contributed by atoms with Crippen molar-refractivity contribution in [2.45, 2.75) is 38.1 Å². The van der Waals surface area contributed by atoms with Crippen molar-refractivity contribution in [2.24, 2.45) is 0 Å². The van der Waals surface area contributed by atoms with Crippen LogP contribution in [-0.2, 0) is 17.5 Å². The van der Waals surface area contributed by atoms with Crippen molar-refractivity contribution < 1.29 is 22.5 Å². The van der Waals surface area contributed by atoms with Crippen molar-refractivity contribution >= 4 is 5.91 Å². The van der Waals surface area contributed by atoms with Gasteiger partial charge in [0.2, 0.25) is 11.7 Å². The minimum Gasteiger partial charge on any atom is -0.337 e. The summed E-state index contributed by atoms with van der Waals surface area (Å²) in [6.45, 7) is 2.12. The maximum atomic E-state index is 13.1. The number of benzene rings is 2. The number of aryl methyl sites for hydroxylation is 1. The molecule has 7 nitrogen and oxygen atoms in total. The van der Waals surface area contributed by atoms with E-state index in [0.29, 0.717) is 12.0 Å². The zero-order chi connectivity index (χ0) is 23.2. The van der Waals surface area contributed by atoms with E-state index >= 15 is 0 Å². The maximum absolute atomic E-state index is 13.1. The summed E-state index contributed by atoms with van der Waals surface area (Å²) in [7, 11) is 0. The number of carbonyl (C=O) groups excluding carboxylic acids is 1. The van der Waals surface area contributed by atoms with Gasteiger partial charge in [-0.3, -0.25) is 4.79 Å². The molecule has 0 bridgehead atoms. The fourth-order valence-corrected chi connectivity index (χ4v) is 4.14. The summed E-state index contributed by atoms with van der Waals surface area (Å²) < 4.78 is 43.5. The molecule has 3 aromatic rings. The second kappa shape index (κ2) is 8.04. The Morgan fingerprint density at radius 2 is 1.88 bits per heavy atom. The molecule has 3 heterocycles. The van der Waals surface area contributed by atoms with E-state index in [1.54, 1.807) is 12.4 Å². The molecule has 0 radical (unpaired) electrons. The van der Waals surface area contributed by atoms with Crippen LogP contribution >= 0.6 is 0 Å². The normalized spacial score (nSPS) is 20.4. The zero-order valence-electron chi connectivity index (χ0n) is 17.6. The number of halogens is 3. The van der Waals surface area contributed by atoms with Gasteiger partial charge >= 0.3 is 6.18 Å². The Morgan fingerprint density at radius 3 is 2.61 bits per heavy atom. The molecule has 2 atom stereocenters. The second-order valence-corrected chi connectivity index (χ2v) is 8.05. The first-order valence-electron chi connectivity index (χ1n) is 10.4. The highest BCUT2D eigenvalue weighted by molar-refractivity contribution is 5.84. The Bertz CT molecular complexity index is 1210. The SMILES string of the molecule is Cc1ccccc1C1CC2C(=O)N(Cc3nc(-c4ccc(C(F)(F)F)cc4)no3)C=CN2N1. The molecule has 0 aliphatic carbocycles. The molecule has 0 spiro atoms. The molecule has 2 aromatic carbocycles. The van der Waals surface area contributed by atoms with Gasteiger partial charge in [0.15, 0.2) is 0 Å². The van der Waals surface area contributed by atoms with Crippen LogP contribution in [0.25, 0.3) is 11.4 Å². The number of hydrogen-bond acceptors (Lipinski definition) is 6. The Morgan fingerprint density at radius 1 is 1.12 bits per heavy atom. The molecule has 5 rings (SSSR count). The minimum atomic E-state index is -4.41. The third-order valence-electron chi connectivity index (χ3n) is 5.88. The number of alkyl halides is 3. The zero-order valence-corrected chi connectivity index (χ0v) is 17.6. The van der Waals surface area contributed by atoms with Gasteiger partial charge in [0.25, 0.3) is 5.91 Å². The highest BCUT2D eigenvalue weighted by atomic mass is 19.4. The first-order chi connectivity index (χ1) is 15.8. The standard InChI is InChI=1S/C23H20F3N5O2/c1-14-4-2-3-5-17(14)18-12-19-22(32)30(10-11-31(19)28-18)13-20-27-21(29-33-20)15-6-8-16(9-7-15)23(24,25)26/h2-11,18-19,28H,12-13H2,1H3. The highest BCUT2D eigenvalue weighted by Gasteiger charge is 2.40. The van der Waals surface area contributed by atoms with E-state index in [4.69, 9.17) is 4.52 Å². The van der Waals surface area contributed by atoms with Crippen molar-refractivity contribution in [3.05, 3.63) is 83.5 Å². The molecular formula is C23H20F3N5O2. The smallest absolute Gasteiger partial charge is 0.337 e. The largest absolute Gasteiger partial charge is 0.416 e. The van der Waals surface area contributed by atoms with Crippen LogP contribution in [0.5, 0.6) is 0 Å². The third-order valence-corrected chi connectivity index (χ3v) is 5.88. The van der Waals surface area contributed by atoms with Gasteiger partial charge in [0, 0.05) is 18.0 Å². The van der Waals surface area contributed by atoms with Gasteiger partial charge in [-0.25, -0.2) is 5.43 Å². The fraction of sp³-hybridized carbons (Fsp3) is 0.261. The summed E-state index contributed by atoms with van der Waals surface area (Å²) >= 11 is 0. The van der Waals surface area contributed by atoms with Crippen LogP contribution in [0.1, 0.15) is 35.0 Å². The summed E-state index contributed by atoms with van der Waals surface area (Å²) in [4.78, 5) is 18.8. The van der Waals surface area contributed by atoms with E-state index in [9.17, 15) is 18.0 Å². The highest BCUT2D eigenvalue weighted by Crippen LogP contribution is 2.33. The van der Waals surface area contributed by atoms with Crippen LogP contribution in [0.2, 0.25) is 0 Å². The Hall–Kier alpha value is -3.66. The van der Waals surface area contributed by atoms with E-state index in [-0.39, 0.29) is 36.3 Å². The quantitative estimate of drug-likeness (QED) is 0.636. The van der Waals surface area contributed by atoms with Gasteiger partial charge in [0.1, 0.15) is 12.6 Å². The van der Waals surface area contributed by atoms with Gasteiger partial charge in [-0.1, -0.05) is 41.6 Å². The molecule has 1 amide bonds. The molecule has 0 saturated carbocycles. The third kappa shape index (κ3) is 4.09. The number of nitrogens with zero attached hydrogens (tertiary/aromatic N) is 4. The first-order valence-corrected chi connectivity index (χ1v) is 10.4. The van der Waals surface area contributed by atoms with Crippen LogP contribution in [0.4, 0.5) is 13.2 Å². The number of amides is 1. The van der Waals surface area contributed by atoms with Gasteiger partial charge in [-0.15, -0.1) is 0 Å². The lowest BCUT2D eigenvalue weighted by Crippen LogP contribution is -2.47. The minimum absolute atomic E-state index is 0.0272. The Balaban J connectivity index is 1.27. The number of carbonyl (C=O) groups is 1. The number of nitrogens with one attached hydrogen (secondary N) is 1. The van der Waals surface area contributed by atoms with E-state index in [2.05, 4.69) is 21.6 Å². The summed E-state index contributed by atoms with van der Waals surface area (Å²) in [6, 6.07) is 12.2. The fourth-order valence-electron chi connectivity index (χ4n) is 4.14. The molecule has 2 unspecified atom stereocenters. The molecule has 1 fully saturated rings. The number of fused-ring (bicyclic) bond motifs is 1. The lowest BCUT2D eigenvalue weighted by Gasteiger charge is -2.30. The lowest BCUT2D eigenvalue weighted by molar-refractivity contribution is -0.137. The van der Waals surface area contributed by atoms with Crippen LogP contribution in [-0.4, -0.2) is 32.0 Å². The maximum Gasteiger partial charge on any atom is 0.416 e. The van der Waals surface area contributed by atoms with Gasteiger partial charge in [-0.2, -0.15) is 18.2 Å². The molecule has 2 aliphatic rings. The molecular weight excluding hydrogens is 435 g/mol. The second-order valence-electron chi connectivity index (χ2n) is 8.05. The van der Waals surface area contributed by atoms with Crippen LogP contribution in [0, 0.1) is 6.92 Å². The number of rotatable bonds is 4. The summed E-state index contributed by atoms with van der Waals surface area (Å²) in [5.74, 6) is 0.254. The van der Waals surface area contributed by atoms with Crippen molar-refractivity contribution in [3.63, 3.8) is 0 Å². The predicted octanol–water partition coefficient (Wildman–Crippen LogP) is 4.20. The van der Waals surface area contributed by atoms with E-state index in [0.717, 1.165) is 23.3 Å². The summed E-state index contributed by atoms with van der Waals surface area (Å²) in [6.07, 6.45) is -0.347. The summed E-state index contributed by atoms with van der Waals surface area (Å²) in [5.41, 5.74) is 5.32. The van der Waals surface area contributed by atoms with E-state index in [1.807, 2.05) is 30.1 Å². The van der Waals surface area contributed by atoms with Crippen molar-refractivity contribution in [3.8, 4) is 11.4 Å². The first kappa shape index (κ1) is 21.2. The van der Waals surface area contributed by atoms with Crippen LogP contribution in [0.3, 0.4) is 0 Å². The van der Waals surface area contributed by atoms with Gasteiger partial charge in [-0.05, 0) is 36.6 Å². The monoisotopic (exact) mass is 455 g/mol. The molecule has 10 heteroatoms. The molecule has 1 saturated heterocycles. The van der Waals surface area contributed by atoms with Crippen molar-refractivity contribution in [1.82, 2.24) is 25.5 Å². The molecule has 2 aliphatic heterocycles. The summed E-state index contributed by atoms with van der Waals surface area (Å²) in [5, 5.41) is 5.66. The van der Waals surface area contributed by atoms with E-state index in [1.165, 1.54) is 17.0 Å². The number of hydrazine groups is 1. The van der Waals surface area contributed by atoms with Crippen LogP contribution in [0.15, 0.2) is 65.5 Å². The lowest BCUT2D eigenvalue weighted by atomic mass is 9.97. The topological polar surface area (TPSA) is 74.5 Å². The molecule has 1 aromatic heterocycles. The average molecular weight is 455 g/mol. The number of hydrogen-bond donors (Lipinski definition) is 1. The molecule has 33 heavy (non-hydrogen) atoms. The van der Waals surface area contributed by atoms with Gasteiger partial charge in [0.05, 0.1) is 11.6 Å². The van der Waals surface area contributed by atoms with Crippen molar-refractivity contribution in [1.29, 1.82) is 0 Å². The molecule has 170 valence electrons.